The van der Waals surface area contributed by atoms with Crippen molar-refractivity contribution in [2.45, 2.75) is 51.5 Å². The average Bonchev–Trinajstić information content (AvgIpc) is 3.23. The zero-order valence-corrected chi connectivity index (χ0v) is 14.3. The molecule has 1 unspecified atom stereocenters. The maximum absolute atomic E-state index is 12.6. The summed E-state index contributed by atoms with van der Waals surface area (Å²) in [6.07, 6.45) is 7.67. The predicted octanol–water partition coefficient (Wildman–Crippen LogP) is 3.46. The van der Waals surface area contributed by atoms with Crippen LogP contribution in [0.4, 0.5) is 5.69 Å². The molecule has 2 N–H and O–H groups in total. The summed E-state index contributed by atoms with van der Waals surface area (Å²) >= 11 is 0. The SMILES string of the molecule is Cc1[nH]nc2cc(NC(=O)C3CCN(C4CCCCC4)C3)ccc12. The van der Waals surface area contributed by atoms with E-state index in [-0.39, 0.29) is 11.8 Å². The van der Waals surface area contributed by atoms with Gasteiger partial charge in [0, 0.05) is 29.4 Å². The predicted molar refractivity (Wildman–Crippen MR) is 96.0 cm³/mol. The number of amides is 1. The minimum Gasteiger partial charge on any atom is -0.326 e. The fourth-order valence-electron chi connectivity index (χ4n) is 4.25. The summed E-state index contributed by atoms with van der Waals surface area (Å²) in [6.45, 7) is 3.99. The van der Waals surface area contributed by atoms with Crippen molar-refractivity contribution in [3.8, 4) is 0 Å². The second-order valence-corrected chi connectivity index (χ2v) is 7.34. The molecule has 1 aliphatic heterocycles. The molecule has 4 rings (SSSR count). The van der Waals surface area contributed by atoms with Crippen LogP contribution in [-0.4, -0.2) is 40.1 Å². The van der Waals surface area contributed by atoms with Crippen LogP contribution < -0.4 is 5.32 Å². The molecule has 128 valence electrons. The first-order valence-corrected chi connectivity index (χ1v) is 9.20. The molecular formula is C19H26N4O. The Morgan fingerprint density at radius 3 is 2.92 bits per heavy atom. The number of fused-ring (bicyclic) bond motifs is 1. The number of H-pyrrole nitrogens is 1. The first kappa shape index (κ1) is 15.6. The van der Waals surface area contributed by atoms with E-state index in [1.807, 2.05) is 25.1 Å². The van der Waals surface area contributed by atoms with Crippen LogP contribution >= 0.6 is 0 Å². The molecule has 2 aromatic rings. The Hall–Kier alpha value is -1.88. The van der Waals surface area contributed by atoms with E-state index in [0.29, 0.717) is 6.04 Å². The van der Waals surface area contributed by atoms with Crippen LogP contribution in [0, 0.1) is 12.8 Å². The van der Waals surface area contributed by atoms with Crippen LogP contribution in [0.1, 0.15) is 44.2 Å². The Bertz CT molecular complexity index is 732. The lowest BCUT2D eigenvalue weighted by atomic mass is 9.94. The molecule has 1 aliphatic carbocycles. The van der Waals surface area contributed by atoms with Gasteiger partial charge in [0.15, 0.2) is 0 Å². The maximum Gasteiger partial charge on any atom is 0.228 e. The zero-order valence-electron chi connectivity index (χ0n) is 14.3. The molecule has 1 saturated carbocycles. The number of benzene rings is 1. The third-order valence-corrected chi connectivity index (χ3v) is 5.69. The van der Waals surface area contributed by atoms with Gasteiger partial charge < -0.3 is 5.32 Å². The maximum atomic E-state index is 12.6. The first-order chi connectivity index (χ1) is 11.7. The van der Waals surface area contributed by atoms with Gasteiger partial charge >= 0.3 is 0 Å². The van der Waals surface area contributed by atoms with Crippen molar-refractivity contribution >= 4 is 22.5 Å². The molecule has 0 radical (unpaired) electrons. The van der Waals surface area contributed by atoms with E-state index in [0.717, 1.165) is 41.8 Å². The first-order valence-electron chi connectivity index (χ1n) is 9.20. The van der Waals surface area contributed by atoms with Gasteiger partial charge in [-0.3, -0.25) is 14.8 Å². The summed E-state index contributed by atoms with van der Waals surface area (Å²) in [4.78, 5) is 15.2. The second-order valence-electron chi connectivity index (χ2n) is 7.34. The van der Waals surface area contributed by atoms with Crippen molar-refractivity contribution in [1.29, 1.82) is 0 Å². The molecule has 1 saturated heterocycles. The number of carbonyl (C=O) groups is 1. The largest absolute Gasteiger partial charge is 0.326 e. The number of aryl methyl sites for hydroxylation is 1. The highest BCUT2D eigenvalue weighted by molar-refractivity contribution is 5.95. The monoisotopic (exact) mass is 326 g/mol. The summed E-state index contributed by atoms with van der Waals surface area (Å²) in [7, 11) is 0. The van der Waals surface area contributed by atoms with Gasteiger partial charge in [0.1, 0.15) is 0 Å². The van der Waals surface area contributed by atoms with Crippen LogP contribution in [-0.2, 0) is 4.79 Å². The molecule has 1 amide bonds. The van der Waals surface area contributed by atoms with Gasteiger partial charge in [-0.2, -0.15) is 5.10 Å². The van der Waals surface area contributed by atoms with E-state index in [4.69, 9.17) is 0 Å². The lowest BCUT2D eigenvalue weighted by Gasteiger charge is -2.30. The Morgan fingerprint density at radius 2 is 2.08 bits per heavy atom. The third-order valence-electron chi connectivity index (χ3n) is 5.69. The number of hydrogen-bond acceptors (Lipinski definition) is 3. The van der Waals surface area contributed by atoms with Crippen molar-refractivity contribution < 1.29 is 4.79 Å². The van der Waals surface area contributed by atoms with Crippen LogP contribution in [0.25, 0.3) is 10.9 Å². The highest BCUT2D eigenvalue weighted by Crippen LogP contribution is 2.28. The highest BCUT2D eigenvalue weighted by Gasteiger charge is 2.32. The summed E-state index contributed by atoms with van der Waals surface area (Å²) in [5.74, 6) is 0.267. The fourth-order valence-corrected chi connectivity index (χ4v) is 4.25. The number of aromatic nitrogens is 2. The number of rotatable bonds is 3. The molecule has 5 nitrogen and oxygen atoms in total. The smallest absolute Gasteiger partial charge is 0.228 e. The number of likely N-dealkylation sites (tertiary alicyclic amines) is 1. The normalized spacial score (nSPS) is 23.0. The van der Waals surface area contributed by atoms with E-state index < -0.39 is 0 Å². The second kappa shape index (κ2) is 6.55. The molecule has 1 aromatic heterocycles. The Kier molecular flexibility index (Phi) is 4.27. The van der Waals surface area contributed by atoms with Crippen molar-refractivity contribution in [2.75, 3.05) is 18.4 Å². The topological polar surface area (TPSA) is 61.0 Å². The van der Waals surface area contributed by atoms with E-state index in [1.165, 1.54) is 32.1 Å². The molecule has 0 bridgehead atoms. The molecule has 2 fully saturated rings. The van der Waals surface area contributed by atoms with Gasteiger partial charge in [0.05, 0.1) is 11.4 Å². The number of nitrogens with one attached hydrogen (secondary N) is 2. The summed E-state index contributed by atoms with van der Waals surface area (Å²) in [6, 6.07) is 6.65. The average molecular weight is 326 g/mol. The fraction of sp³-hybridized carbons (Fsp3) is 0.579. The molecule has 2 heterocycles. The van der Waals surface area contributed by atoms with Crippen molar-refractivity contribution in [3.05, 3.63) is 23.9 Å². The Balaban J connectivity index is 1.38. The van der Waals surface area contributed by atoms with Gasteiger partial charge in [-0.1, -0.05) is 19.3 Å². The number of anilines is 1. The van der Waals surface area contributed by atoms with Gasteiger partial charge in [-0.05, 0) is 50.9 Å². The molecule has 2 aliphatic rings. The van der Waals surface area contributed by atoms with Crippen molar-refractivity contribution in [1.82, 2.24) is 15.1 Å². The molecule has 1 aromatic carbocycles. The van der Waals surface area contributed by atoms with Crippen molar-refractivity contribution in [3.63, 3.8) is 0 Å². The lowest BCUT2D eigenvalue weighted by molar-refractivity contribution is -0.119. The molecule has 5 heteroatoms. The number of aromatic amines is 1. The minimum atomic E-state index is 0.114. The van der Waals surface area contributed by atoms with Crippen LogP contribution in [0.2, 0.25) is 0 Å². The van der Waals surface area contributed by atoms with Crippen molar-refractivity contribution in [2.24, 2.45) is 5.92 Å². The number of carbonyl (C=O) groups excluding carboxylic acids is 1. The Morgan fingerprint density at radius 1 is 1.25 bits per heavy atom. The van der Waals surface area contributed by atoms with E-state index >= 15 is 0 Å². The number of hydrogen-bond donors (Lipinski definition) is 2. The van der Waals surface area contributed by atoms with Gasteiger partial charge in [0.25, 0.3) is 0 Å². The van der Waals surface area contributed by atoms with E-state index in [9.17, 15) is 4.79 Å². The van der Waals surface area contributed by atoms with Gasteiger partial charge in [-0.15, -0.1) is 0 Å². The highest BCUT2D eigenvalue weighted by atomic mass is 16.1. The summed E-state index contributed by atoms with van der Waals surface area (Å²) in [5, 5.41) is 11.5. The van der Waals surface area contributed by atoms with Crippen LogP contribution in [0.5, 0.6) is 0 Å². The number of nitrogens with zero attached hydrogens (tertiary/aromatic N) is 2. The summed E-state index contributed by atoms with van der Waals surface area (Å²) in [5.41, 5.74) is 2.80. The molecule has 0 spiro atoms. The third kappa shape index (κ3) is 3.05. The molecular weight excluding hydrogens is 300 g/mol. The van der Waals surface area contributed by atoms with Crippen LogP contribution in [0.15, 0.2) is 18.2 Å². The van der Waals surface area contributed by atoms with Gasteiger partial charge in [0.2, 0.25) is 5.91 Å². The Labute approximate surface area is 142 Å². The quantitative estimate of drug-likeness (QED) is 0.908. The summed E-state index contributed by atoms with van der Waals surface area (Å²) < 4.78 is 0. The van der Waals surface area contributed by atoms with Gasteiger partial charge in [-0.25, -0.2) is 0 Å². The van der Waals surface area contributed by atoms with Crippen LogP contribution in [0.3, 0.4) is 0 Å². The minimum absolute atomic E-state index is 0.114. The standard InChI is InChI=1S/C19H26N4O/c1-13-17-8-7-15(11-18(17)22-21-13)20-19(24)14-9-10-23(12-14)16-5-3-2-4-6-16/h7-8,11,14,16H,2-6,9-10,12H2,1H3,(H,20,24)(H,21,22). The lowest BCUT2D eigenvalue weighted by Crippen LogP contribution is -2.36. The molecule has 24 heavy (non-hydrogen) atoms. The molecule has 1 atom stereocenters. The van der Waals surface area contributed by atoms with E-state index in [1.54, 1.807) is 0 Å². The van der Waals surface area contributed by atoms with E-state index in [2.05, 4.69) is 20.4 Å². The zero-order chi connectivity index (χ0) is 16.5.